The summed E-state index contributed by atoms with van der Waals surface area (Å²) in [5, 5.41) is -7.92. The first-order valence-corrected chi connectivity index (χ1v) is 9.52. The molecule has 0 amide bonds. The first kappa shape index (κ1) is 33.7. The molecule has 0 bridgehead atoms. The van der Waals surface area contributed by atoms with Gasteiger partial charge in [-0.05, 0) is 18.0 Å². The van der Waals surface area contributed by atoms with E-state index in [1.54, 1.807) is 0 Å². The Morgan fingerprint density at radius 3 is 1.09 bits per heavy atom. The fourth-order valence-electron chi connectivity index (χ4n) is 2.16. The number of nitrogens with zero attached hydrogens (tertiary/aromatic N) is 1. The molecule has 0 aliphatic carbocycles. The van der Waals surface area contributed by atoms with E-state index in [0.717, 1.165) is 0 Å². The second-order valence-electron chi connectivity index (χ2n) is 6.96. The Morgan fingerprint density at radius 2 is 0.857 bits per heavy atom. The van der Waals surface area contributed by atoms with E-state index in [-0.39, 0.29) is 13.8 Å². The molecule has 0 heterocycles. The number of sulfonamides is 1. The van der Waals surface area contributed by atoms with E-state index < -0.39 is 73.7 Å². The van der Waals surface area contributed by atoms with Gasteiger partial charge in [-0.2, -0.15) is 83.1 Å². The molecule has 0 rings (SSSR count). The van der Waals surface area contributed by atoms with Crippen LogP contribution in [0.4, 0.5) is 79.1 Å². The Labute approximate surface area is 183 Å². The lowest BCUT2D eigenvalue weighted by molar-refractivity contribution is -0.965. The van der Waals surface area contributed by atoms with E-state index in [1.807, 2.05) is 0 Å². The fraction of sp³-hybridized carbons (Fsp3) is 0.923. The highest BCUT2D eigenvalue weighted by Crippen LogP contribution is 2.64. The van der Waals surface area contributed by atoms with Gasteiger partial charge in [-0.3, -0.25) is 0 Å². The van der Waals surface area contributed by atoms with Crippen LogP contribution >= 0.6 is 0 Å². The molecule has 3 nitrogen and oxygen atoms in total. The molecule has 0 aromatic heterocycles. The number of rotatable bonds is 10. The van der Waals surface area contributed by atoms with E-state index in [2.05, 4.69) is 6.92 Å². The molecule has 1 unspecified atom stereocenters. The molecule has 1 atom stereocenters. The normalized spacial score (nSPS) is 18.1. The molecule has 211 valence electrons. The largest absolute Gasteiger partial charge is 0.467 e. The summed E-state index contributed by atoms with van der Waals surface area (Å²) in [6.45, 7) is 0.850. The topological polar surface area (TPSA) is 34.1 Å². The van der Waals surface area contributed by atoms with Crippen LogP contribution in [0.25, 0.3) is 0 Å². The van der Waals surface area contributed by atoms with Crippen molar-refractivity contribution in [2.75, 3.05) is 6.54 Å². The highest BCUT2D eigenvalue weighted by atomic mass is 32.2. The fourth-order valence-corrected chi connectivity index (χ4v) is 3.79. The maximum Gasteiger partial charge on any atom is 0.467 e. The lowest BCUT2D eigenvalue weighted by atomic mass is 9.91. The summed E-state index contributed by atoms with van der Waals surface area (Å²) < 4.78 is 258. The number of halogens is 18. The third-order valence-electron chi connectivity index (χ3n) is 4.49. The summed E-state index contributed by atoms with van der Waals surface area (Å²) in [4.78, 5) is 0. The van der Waals surface area contributed by atoms with Crippen LogP contribution in [0.5, 0.6) is 0 Å². The van der Waals surface area contributed by atoms with Crippen molar-refractivity contribution in [2.24, 2.45) is 0 Å². The van der Waals surface area contributed by atoms with Crippen molar-refractivity contribution in [1.29, 1.82) is 0 Å². The lowest BCUT2D eigenvalue weighted by Crippen LogP contribution is -2.76. The van der Waals surface area contributed by atoms with E-state index in [4.69, 9.17) is 0 Å². The smallest absolute Gasteiger partial charge is 0.192 e. The van der Waals surface area contributed by atoms with Gasteiger partial charge in [0.25, 0.3) is 0 Å². The highest BCUT2D eigenvalue weighted by Gasteiger charge is 2.97. The quantitative estimate of drug-likeness (QED) is 0.225. The summed E-state index contributed by atoms with van der Waals surface area (Å²) in [6, 6.07) is -2.48. The Balaban J connectivity index is 7.21. The summed E-state index contributed by atoms with van der Waals surface area (Å²) in [5.41, 5.74) is 0. The van der Waals surface area contributed by atoms with Crippen LogP contribution in [0.3, 0.4) is 0 Å². The summed E-state index contributed by atoms with van der Waals surface area (Å²) in [7, 11) is -7.93. The second-order valence-corrected chi connectivity index (χ2v) is 9.03. The number of quaternary nitrogens is 1. The van der Waals surface area contributed by atoms with Crippen LogP contribution in [-0.2, 0) is 10.0 Å². The van der Waals surface area contributed by atoms with E-state index in [1.165, 1.54) is 0 Å². The molecule has 0 fully saturated rings. The zero-order valence-electron chi connectivity index (χ0n) is 16.5. The molecule has 0 saturated heterocycles. The van der Waals surface area contributed by atoms with Crippen molar-refractivity contribution in [3.63, 3.8) is 0 Å². The summed E-state index contributed by atoms with van der Waals surface area (Å²) >= 11 is 0. The third-order valence-corrected chi connectivity index (χ3v) is 6.80. The van der Waals surface area contributed by atoms with E-state index in [9.17, 15) is 87.5 Å². The van der Waals surface area contributed by atoms with Crippen LogP contribution < -0.4 is 0 Å². The molecule has 0 aromatic carbocycles. The first-order chi connectivity index (χ1) is 14.8. The molecule has 0 saturated carbocycles. The van der Waals surface area contributed by atoms with Gasteiger partial charge >= 0.3 is 57.0 Å². The third kappa shape index (κ3) is 3.90. The van der Waals surface area contributed by atoms with Gasteiger partial charge < -0.3 is 0 Å². The van der Waals surface area contributed by atoms with Gasteiger partial charge in [0.05, 0.1) is 0 Å². The number of hydrogen-bond acceptors (Lipinski definition) is 2. The van der Waals surface area contributed by atoms with E-state index >= 15 is 0 Å². The minimum atomic E-state index is -8.96. The van der Waals surface area contributed by atoms with Crippen LogP contribution in [0.15, 0.2) is 0 Å². The van der Waals surface area contributed by atoms with Gasteiger partial charge in [-0.25, -0.2) is 0 Å². The zero-order chi connectivity index (χ0) is 29.3. The van der Waals surface area contributed by atoms with Crippen molar-refractivity contribution < 1.29 is 91.6 Å². The number of alkyl halides is 17. The predicted molar refractivity (Wildman–Crippen MR) is 76.3 cm³/mol. The zero-order valence-corrected chi connectivity index (χ0v) is 17.3. The van der Waals surface area contributed by atoms with Gasteiger partial charge in [0.2, 0.25) is 0 Å². The Bertz CT molecular complexity index is 893. The molecule has 0 aliphatic rings. The van der Waals surface area contributed by atoms with Crippen molar-refractivity contribution in [3.05, 3.63) is 6.92 Å². The molecule has 22 heteroatoms. The predicted octanol–water partition coefficient (Wildman–Crippen LogP) is 6.23. The minimum absolute atomic E-state index is 0.289. The number of hydrogen-bond donors (Lipinski definition) is 0. The molecular formula is C13H11F18NO2S+. The average molecular weight is 587 g/mol. The molecule has 0 spiro atoms. The van der Waals surface area contributed by atoms with Gasteiger partial charge in [-0.15, -0.1) is 0 Å². The Kier molecular flexibility index (Phi) is 8.01. The van der Waals surface area contributed by atoms with E-state index in [0.29, 0.717) is 0 Å². The summed E-state index contributed by atoms with van der Waals surface area (Å²) in [5.74, 6) is -52.4. The molecule has 0 N–H and O–H groups in total. The maximum atomic E-state index is 14.4. The van der Waals surface area contributed by atoms with Crippen LogP contribution in [-0.4, -0.2) is 72.1 Å². The van der Waals surface area contributed by atoms with Crippen molar-refractivity contribution in [1.82, 2.24) is 0 Å². The van der Waals surface area contributed by atoms with Crippen LogP contribution in [0, 0.1) is 6.92 Å². The monoisotopic (exact) mass is 587 g/mol. The van der Waals surface area contributed by atoms with Gasteiger partial charge in [0.15, 0.2) is 0 Å². The molecule has 0 aromatic rings. The van der Waals surface area contributed by atoms with Crippen molar-refractivity contribution in [2.45, 2.75) is 66.9 Å². The van der Waals surface area contributed by atoms with Crippen LogP contribution in [0.2, 0.25) is 0 Å². The Morgan fingerprint density at radius 1 is 0.600 bits per heavy atom. The average Bonchev–Trinajstić information content (AvgIpc) is 2.64. The highest BCUT2D eigenvalue weighted by molar-refractivity contribution is 7.87. The van der Waals surface area contributed by atoms with Gasteiger partial charge in [0, 0.05) is 11.4 Å². The van der Waals surface area contributed by atoms with Gasteiger partial charge in [0.1, 0.15) is 12.6 Å². The molecule has 0 aliphatic heterocycles. The minimum Gasteiger partial charge on any atom is -0.192 e. The SMILES string of the molecule is [CH2]C[N+](F)(C(C)C)S(=O)(=O)C(F)(F)C(F)(F)C(F)(F)C(F)(F)C(F)(F)C(F)(F)C(F)(F)C(F)(F)F. The van der Waals surface area contributed by atoms with Crippen molar-refractivity contribution >= 4 is 10.0 Å². The van der Waals surface area contributed by atoms with Gasteiger partial charge in [-0.1, -0.05) is 0 Å². The first-order valence-electron chi connectivity index (χ1n) is 8.08. The maximum absolute atomic E-state index is 14.4. The van der Waals surface area contributed by atoms with Crippen molar-refractivity contribution in [3.8, 4) is 0 Å². The lowest BCUT2D eigenvalue weighted by Gasteiger charge is -2.43. The molecule has 1 radical (unpaired) electrons. The van der Waals surface area contributed by atoms with Crippen LogP contribution in [0.1, 0.15) is 13.8 Å². The Hall–Kier alpha value is -1.35. The standard InChI is InChI=1S/C13H11F18NO2S/c1-4-32(31,5(2)3)35(33,34)13(29,30)11(24,25)9(20,21)7(16,17)6(14,15)8(18,19)10(22,23)12(26,27)28/h5H,1,4H2,2-3H3/q+1. The second kappa shape index (κ2) is 8.33. The summed E-state index contributed by atoms with van der Waals surface area (Å²) in [6.07, 6.45) is -7.92. The molecule has 35 heavy (non-hydrogen) atoms. The molecular weight excluding hydrogens is 576 g/mol.